The molecule has 3 aromatic heterocycles. The molecule has 1 saturated heterocycles. The lowest BCUT2D eigenvalue weighted by Crippen LogP contribution is -2.38. The Morgan fingerprint density at radius 3 is 2.76 bits per heavy atom. The van der Waals surface area contributed by atoms with Crippen LogP contribution in [0, 0.1) is 5.92 Å². The number of cyclic esters (lactones) is 1. The Kier molecular flexibility index (Phi) is 5.37. The van der Waals surface area contributed by atoms with Crippen molar-refractivity contribution in [3.8, 4) is 5.69 Å². The lowest BCUT2D eigenvalue weighted by molar-refractivity contribution is 0.177. The second kappa shape index (κ2) is 8.36. The summed E-state index contributed by atoms with van der Waals surface area (Å²) in [6.45, 7) is 6.38. The van der Waals surface area contributed by atoms with E-state index in [1.165, 1.54) is 0 Å². The SMILES string of the molecule is CC(C)[C@H]1COC(=O)N1c1nc(N[C@@H](C)c2cn(-c3ccc(Cl)cc3)cn2)nc2[nH]ncc12. The van der Waals surface area contributed by atoms with E-state index in [1.54, 1.807) is 17.4 Å². The Hall–Kier alpha value is -3.66. The number of benzene rings is 1. The summed E-state index contributed by atoms with van der Waals surface area (Å²) in [5, 5.41) is 11.6. The van der Waals surface area contributed by atoms with E-state index in [9.17, 15) is 4.79 Å². The predicted octanol–water partition coefficient (Wildman–Crippen LogP) is 4.35. The normalized spacial score (nSPS) is 17.1. The summed E-state index contributed by atoms with van der Waals surface area (Å²) in [5.74, 6) is 1.02. The fourth-order valence-electron chi connectivity index (χ4n) is 3.82. The summed E-state index contributed by atoms with van der Waals surface area (Å²) in [5.41, 5.74) is 2.29. The topological polar surface area (TPSA) is 114 Å². The molecule has 4 heterocycles. The van der Waals surface area contributed by atoms with Crippen LogP contribution in [0.1, 0.15) is 32.5 Å². The first-order valence-electron chi connectivity index (χ1n) is 10.6. The molecular weight excluding hydrogens is 444 g/mol. The van der Waals surface area contributed by atoms with Crippen LogP contribution in [0.3, 0.4) is 0 Å². The quantitative estimate of drug-likeness (QED) is 0.434. The van der Waals surface area contributed by atoms with Crippen LogP contribution < -0.4 is 10.2 Å². The van der Waals surface area contributed by atoms with Gasteiger partial charge in [-0.25, -0.2) is 9.78 Å². The number of halogens is 1. The number of H-pyrrole nitrogens is 1. The van der Waals surface area contributed by atoms with E-state index in [1.807, 2.05) is 55.8 Å². The molecule has 0 radical (unpaired) electrons. The van der Waals surface area contributed by atoms with Crippen LogP contribution in [0.5, 0.6) is 0 Å². The summed E-state index contributed by atoms with van der Waals surface area (Å²) in [7, 11) is 0. The minimum Gasteiger partial charge on any atom is -0.447 e. The number of aromatic nitrogens is 6. The number of amides is 1. The van der Waals surface area contributed by atoms with Gasteiger partial charge in [0.2, 0.25) is 5.95 Å². The highest BCUT2D eigenvalue weighted by atomic mass is 35.5. The van der Waals surface area contributed by atoms with Gasteiger partial charge in [0.05, 0.1) is 35.7 Å². The molecule has 33 heavy (non-hydrogen) atoms. The number of imidazole rings is 1. The highest BCUT2D eigenvalue weighted by Gasteiger charge is 2.38. The van der Waals surface area contributed by atoms with Crippen molar-refractivity contribution >= 4 is 40.5 Å². The molecule has 0 saturated carbocycles. The average Bonchev–Trinajstić information content (AvgIpc) is 3.53. The fourth-order valence-corrected chi connectivity index (χ4v) is 3.95. The van der Waals surface area contributed by atoms with Gasteiger partial charge in [-0.15, -0.1) is 0 Å². The summed E-state index contributed by atoms with van der Waals surface area (Å²) in [4.78, 5) is 27.9. The minimum atomic E-state index is -0.421. The first-order chi connectivity index (χ1) is 15.9. The number of aromatic amines is 1. The van der Waals surface area contributed by atoms with E-state index in [4.69, 9.17) is 16.3 Å². The van der Waals surface area contributed by atoms with E-state index in [0.29, 0.717) is 34.4 Å². The van der Waals surface area contributed by atoms with E-state index in [2.05, 4.69) is 30.5 Å². The summed E-state index contributed by atoms with van der Waals surface area (Å²) in [6.07, 6.45) is 4.88. The van der Waals surface area contributed by atoms with Crippen LogP contribution >= 0.6 is 11.6 Å². The van der Waals surface area contributed by atoms with Gasteiger partial charge < -0.3 is 14.6 Å². The third-order valence-corrected chi connectivity index (χ3v) is 5.96. The van der Waals surface area contributed by atoms with Crippen molar-refractivity contribution in [2.75, 3.05) is 16.8 Å². The molecule has 170 valence electrons. The minimum absolute atomic E-state index is 0.120. The van der Waals surface area contributed by atoms with Crippen LogP contribution in [0.4, 0.5) is 16.6 Å². The van der Waals surface area contributed by atoms with Crippen LogP contribution in [0.15, 0.2) is 43.0 Å². The van der Waals surface area contributed by atoms with E-state index in [0.717, 1.165) is 11.4 Å². The van der Waals surface area contributed by atoms with Crippen LogP contribution in [0.25, 0.3) is 16.7 Å². The number of nitrogens with zero attached hydrogens (tertiary/aromatic N) is 6. The van der Waals surface area contributed by atoms with Gasteiger partial charge >= 0.3 is 6.09 Å². The monoisotopic (exact) mass is 466 g/mol. The zero-order valence-corrected chi connectivity index (χ0v) is 19.1. The van der Waals surface area contributed by atoms with Crippen molar-refractivity contribution in [3.63, 3.8) is 0 Å². The number of ether oxygens (including phenoxy) is 1. The Morgan fingerprint density at radius 1 is 1.21 bits per heavy atom. The van der Waals surface area contributed by atoms with E-state index < -0.39 is 6.09 Å². The van der Waals surface area contributed by atoms with E-state index >= 15 is 0 Å². The molecular formula is C22H23ClN8O2. The zero-order chi connectivity index (χ0) is 23.1. The second-order valence-electron chi connectivity index (χ2n) is 8.31. The summed E-state index contributed by atoms with van der Waals surface area (Å²) in [6, 6.07) is 7.20. The molecule has 1 amide bonds. The van der Waals surface area contributed by atoms with Crippen molar-refractivity contribution in [2.45, 2.75) is 32.9 Å². The molecule has 5 rings (SSSR count). The molecule has 0 spiro atoms. The molecule has 2 atom stereocenters. The molecule has 11 heteroatoms. The number of carbonyl (C=O) groups is 1. The van der Waals surface area contributed by atoms with Crippen molar-refractivity contribution in [1.82, 2.24) is 29.7 Å². The van der Waals surface area contributed by atoms with Gasteiger partial charge in [-0.3, -0.25) is 10.00 Å². The van der Waals surface area contributed by atoms with Gasteiger partial charge in [0, 0.05) is 16.9 Å². The third-order valence-electron chi connectivity index (χ3n) is 5.71. The highest BCUT2D eigenvalue weighted by molar-refractivity contribution is 6.30. The third kappa shape index (κ3) is 3.97. The van der Waals surface area contributed by atoms with Crippen LogP contribution in [0.2, 0.25) is 5.02 Å². The average molecular weight is 467 g/mol. The largest absolute Gasteiger partial charge is 0.447 e. The number of nitrogens with one attached hydrogen (secondary N) is 2. The molecule has 2 N–H and O–H groups in total. The van der Waals surface area contributed by atoms with Crippen molar-refractivity contribution in [1.29, 1.82) is 0 Å². The smallest absolute Gasteiger partial charge is 0.415 e. The second-order valence-corrected chi connectivity index (χ2v) is 8.75. The Morgan fingerprint density at radius 2 is 2.00 bits per heavy atom. The van der Waals surface area contributed by atoms with Gasteiger partial charge in [-0.1, -0.05) is 25.4 Å². The molecule has 1 fully saturated rings. The van der Waals surface area contributed by atoms with E-state index in [-0.39, 0.29) is 18.0 Å². The number of rotatable bonds is 6. The number of carbonyl (C=O) groups excluding carboxylic acids is 1. The van der Waals surface area contributed by atoms with Crippen LogP contribution in [-0.2, 0) is 4.74 Å². The zero-order valence-electron chi connectivity index (χ0n) is 18.4. The van der Waals surface area contributed by atoms with Gasteiger partial charge in [-0.2, -0.15) is 15.1 Å². The predicted molar refractivity (Wildman–Crippen MR) is 125 cm³/mol. The van der Waals surface area contributed by atoms with Crippen molar-refractivity contribution < 1.29 is 9.53 Å². The first kappa shape index (κ1) is 21.2. The lowest BCUT2D eigenvalue weighted by atomic mass is 10.0. The first-order valence-corrected chi connectivity index (χ1v) is 11.0. The number of hydrogen-bond donors (Lipinski definition) is 2. The van der Waals surface area contributed by atoms with Crippen LogP contribution in [-0.4, -0.2) is 48.5 Å². The summed E-state index contributed by atoms with van der Waals surface area (Å²) < 4.78 is 7.23. The number of fused-ring (bicyclic) bond motifs is 1. The number of hydrogen-bond acceptors (Lipinski definition) is 7. The molecule has 0 bridgehead atoms. The molecule has 0 unspecified atom stereocenters. The maximum absolute atomic E-state index is 12.5. The van der Waals surface area contributed by atoms with Crippen molar-refractivity contribution in [3.05, 3.63) is 53.7 Å². The van der Waals surface area contributed by atoms with Gasteiger partial charge in [0.15, 0.2) is 11.5 Å². The fraction of sp³-hybridized carbons (Fsp3) is 0.318. The molecule has 0 aliphatic carbocycles. The molecule has 10 nitrogen and oxygen atoms in total. The molecule has 1 aromatic carbocycles. The molecule has 1 aliphatic heterocycles. The Balaban J connectivity index is 1.44. The lowest BCUT2D eigenvalue weighted by Gasteiger charge is -2.24. The highest BCUT2D eigenvalue weighted by Crippen LogP contribution is 2.32. The number of anilines is 2. The maximum Gasteiger partial charge on any atom is 0.415 e. The van der Waals surface area contributed by atoms with Crippen molar-refractivity contribution in [2.24, 2.45) is 5.92 Å². The molecule has 1 aliphatic rings. The molecule has 4 aromatic rings. The maximum atomic E-state index is 12.5. The standard InChI is InChI=1S/C22H23ClN8O2/c1-12(2)18-10-33-22(32)31(18)20-16-8-25-29-19(16)27-21(28-20)26-13(3)17-9-30(11-24-17)15-6-4-14(23)5-7-15/h4-9,11-13,18H,10H2,1-3H3,(H2,25,26,27,28,29)/t13-,18+/m0/s1. The Labute approximate surface area is 195 Å². The Bertz CT molecular complexity index is 1300. The van der Waals surface area contributed by atoms with Gasteiger partial charge in [-0.05, 0) is 37.1 Å². The van der Waals surface area contributed by atoms with Gasteiger partial charge in [0.25, 0.3) is 0 Å². The van der Waals surface area contributed by atoms with Gasteiger partial charge in [0.1, 0.15) is 6.61 Å². The summed E-state index contributed by atoms with van der Waals surface area (Å²) >= 11 is 5.99.